The zero-order valence-corrected chi connectivity index (χ0v) is 15.7. The van der Waals surface area contributed by atoms with Gasteiger partial charge in [-0.1, -0.05) is 0 Å². The molecule has 142 valence electrons. The highest BCUT2D eigenvalue weighted by Gasteiger charge is 2.29. The summed E-state index contributed by atoms with van der Waals surface area (Å²) in [6, 6.07) is 5.03. The van der Waals surface area contributed by atoms with Gasteiger partial charge < -0.3 is 15.0 Å². The van der Waals surface area contributed by atoms with Crippen molar-refractivity contribution in [3.8, 4) is 5.75 Å². The summed E-state index contributed by atoms with van der Waals surface area (Å²) in [6.45, 7) is 1.63. The second-order valence-electron chi connectivity index (χ2n) is 6.71. The Morgan fingerprint density at radius 2 is 1.92 bits per heavy atom. The first kappa shape index (κ1) is 18.7. The molecule has 0 aromatic heterocycles. The second-order valence-corrected chi connectivity index (χ2v) is 8.69. The number of hydrogen-bond acceptors (Lipinski definition) is 5. The van der Waals surface area contributed by atoms with Crippen molar-refractivity contribution in [3.63, 3.8) is 0 Å². The SMILES string of the molecule is CN1CCOc2ccc(NC(=O)C3CCN(S(C)(=O)=O)CC3)cc2C1=O. The number of nitrogens with zero attached hydrogens (tertiary/aromatic N) is 2. The van der Waals surface area contributed by atoms with Gasteiger partial charge in [0.25, 0.3) is 5.91 Å². The third kappa shape index (κ3) is 3.99. The molecule has 0 unspecified atom stereocenters. The van der Waals surface area contributed by atoms with Gasteiger partial charge in [0.15, 0.2) is 0 Å². The monoisotopic (exact) mass is 381 g/mol. The van der Waals surface area contributed by atoms with E-state index in [4.69, 9.17) is 4.74 Å². The molecule has 0 radical (unpaired) electrons. The first-order valence-corrected chi connectivity index (χ1v) is 10.4. The normalized spacial score (nSPS) is 19.5. The molecule has 0 spiro atoms. The van der Waals surface area contributed by atoms with E-state index in [9.17, 15) is 18.0 Å². The number of carbonyl (C=O) groups is 2. The van der Waals surface area contributed by atoms with E-state index in [1.165, 1.54) is 10.6 Å². The minimum absolute atomic E-state index is 0.143. The van der Waals surface area contributed by atoms with E-state index in [-0.39, 0.29) is 17.7 Å². The van der Waals surface area contributed by atoms with Crippen molar-refractivity contribution in [1.82, 2.24) is 9.21 Å². The van der Waals surface area contributed by atoms with Crippen molar-refractivity contribution in [2.75, 3.05) is 44.9 Å². The molecule has 0 atom stereocenters. The lowest BCUT2D eigenvalue weighted by Gasteiger charge is -2.29. The molecule has 2 heterocycles. The van der Waals surface area contributed by atoms with Gasteiger partial charge in [0.1, 0.15) is 12.4 Å². The van der Waals surface area contributed by atoms with E-state index >= 15 is 0 Å². The number of carbonyl (C=O) groups excluding carboxylic acids is 2. The lowest BCUT2D eigenvalue weighted by molar-refractivity contribution is -0.120. The van der Waals surface area contributed by atoms with Crippen LogP contribution >= 0.6 is 0 Å². The van der Waals surface area contributed by atoms with Gasteiger partial charge in [-0.25, -0.2) is 12.7 Å². The maximum atomic E-state index is 12.5. The second kappa shape index (κ2) is 7.24. The van der Waals surface area contributed by atoms with Crippen molar-refractivity contribution in [2.24, 2.45) is 5.92 Å². The number of fused-ring (bicyclic) bond motifs is 1. The number of hydrogen-bond donors (Lipinski definition) is 1. The minimum atomic E-state index is -3.21. The standard InChI is InChI=1S/C17H23N3O5S/c1-19-9-10-25-15-4-3-13(11-14(15)17(19)22)18-16(21)12-5-7-20(8-6-12)26(2,23)24/h3-4,11-12H,5-10H2,1-2H3,(H,18,21). The molecule has 1 aromatic rings. The fourth-order valence-electron chi connectivity index (χ4n) is 3.19. The Morgan fingerprint density at radius 3 is 2.58 bits per heavy atom. The van der Waals surface area contributed by atoms with Gasteiger partial charge in [0.05, 0.1) is 18.4 Å². The van der Waals surface area contributed by atoms with Crippen LogP contribution in [0.3, 0.4) is 0 Å². The molecular weight excluding hydrogens is 358 g/mol. The number of nitrogens with one attached hydrogen (secondary N) is 1. The Kier molecular flexibility index (Phi) is 5.19. The molecule has 1 fully saturated rings. The number of piperidine rings is 1. The Morgan fingerprint density at radius 1 is 1.23 bits per heavy atom. The van der Waals surface area contributed by atoms with E-state index < -0.39 is 10.0 Å². The van der Waals surface area contributed by atoms with Crippen LogP contribution in [0.5, 0.6) is 5.75 Å². The van der Waals surface area contributed by atoms with Crippen LogP contribution in [0.2, 0.25) is 0 Å². The highest BCUT2D eigenvalue weighted by molar-refractivity contribution is 7.88. The highest BCUT2D eigenvalue weighted by atomic mass is 32.2. The summed E-state index contributed by atoms with van der Waals surface area (Å²) in [7, 11) is -1.50. The van der Waals surface area contributed by atoms with Crippen LogP contribution < -0.4 is 10.1 Å². The predicted octanol–water partition coefficient (Wildman–Crippen LogP) is 0.761. The summed E-state index contributed by atoms with van der Waals surface area (Å²) in [5.74, 6) is -0.0382. The number of sulfonamides is 1. The molecular formula is C17H23N3O5S. The number of rotatable bonds is 3. The van der Waals surface area contributed by atoms with Gasteiger partial charge >= 0.3 is 0 Å². The number of likely N-dealkylation sites (N-methyl/N-ethyl adjacent to an activating group) is 1. The summed E-state index contributed by atoms with van der Waals surface area (Å²) in [6.07, 6.45) is 2.14. The highest BCUT2D eigenvalue weighted by Crippen LogP contribution is 2.27. The largest absolute Gasteiger partial charge is 0.491 e. The van der Waals surface area contributed by atoms with E-state index in [0.717, 1.165) is 0 Å². The molecule has 0 bridgehead atoms. The van der Waals surface area contributed by atoms with Gasteiger partial charge in [-0.15, -0.1) is 0 Å². The fraction of sp³-hybridized carbons (Fsp3) is 0.529. The Hall–Kier alpha value is -2.13. The van der Waals surface area contributed by atoms with Crippen LogP contribution in [0.25, 0.3) is 0 Å². The topological polar surface area (TPSA) is 96.0 Å². The summed E-state index contributed by atoms with van der Waals surface area (Å²) in [5.41, 5.74) is 0.959. The zero-order valence-electron chi connectivity index (χ0n) is 14.9. The van der Waals surface area contributed by atoms with E-state index in [2.05, 4.69) is 5.32 Å². The van der Waals surface area contributed by atoms with Gasteiger partial charge in [-0.05, 0) is 31.0 Å². The zero-order chi connectivity index (χ0) is 18.9. The molecule has 2 amide bonds. The third-order valence-electron chi connectivity index (χ3n) is 4.80. The van der Waals surface area contributed by atoms with E-state index in [1.807, 2.05) is 0 Å². The summed E-state index contributed by atoms with van der Waals surface area (Å²) >= 11 is 0. The first-order valence-electron chi connectivity index (χ1n) is 8.54. The number of benzene rings is 1. The molecule has 1 N–H and O–H groups in total. The molecule has 0 saturated carbocycles. The predicted molar refractivity (Wildman–Crippen MR) is 96.7 cm³/mol. The fourth-order valence-corrected chi connectivity index (χ4v) is 4.07. The smallest absolute Gasteiger partial charge is 0.257 e. The van der Waals surface area contributed by atoms with Crippen LogP contribution in [-0.2, 0) is 14.8 Å². The average molecular weight is 381 g/mol. The van der Waals surface area contributed by atoms with Crippen molar-refractivity contribution in [3.05, 3.63) is 23.8 Å². The van der Waals surface area contributed by atoms with Crippen molar-refractivity contribution in [1.29, 1.82) is 0 Å². The summed E-state index contributed by atoms with van der Waals surface area (Å²) in [5, 5.41) is 2.84. The van der Waals surface area contributed by atoms with Gasteiger partial charge in [-0.3, -0.25) is 9.59 Å². The van der Waals surface area contributed by atoms with E-state index in [0.29, 0.717) is 56.1 Å². The van der Waals surface area contributed by atoms with Crippen LogP contribution in [0.1, 0.15) is 23.2 Å². The van der Waals surface area contributed by atoms with Gasteiger partial charge in [0, 0.05) is 31.7 Å². The number of amides is 2. The molecule has 3 rings (SSSR count). The van der Waals surface area contributed by atoms with Crippen LogP contribution in [0.15, 0.2) is 18.2 Å². The third-order valence-corrected chi connectivity index (χ3v) is 6.11. The van der Waals surface area contributed by atoms with Gasteiger partial charge in [-0.2, -0.15) is 0 Å². The summed E-state index contributed by atoms with van der Waals surface area (Å²) in [4.78, 5) is 26.5. The minimum Gasteiger partial charge on any atom is -0.491 e. The maximum absolute atomic E-state index is 12.5. The van der Waals surface area contributed by atoms with Crippen LogP contribution in [-0.4, -0.2) is 69.0 Å². The molecule has 2 aliphatic rings. The van der Waals surface area contributed by atoms with Crippen LogP contribution in [0.4, 0.5) is 5.69 Å². The molecule has 0 aliphatic carbocycles. The van der Waals surface area contributed by atoms with Crippen molar-refractivity contribution in [2.45, 2.75) is 12.8 Å². The number of ether oxygens (including phenoxy) is 1. The maximum Gasteiger partial charge on any atom is 0.257 e. The van der Waals surface area contributed by atoms with Gasteiger partial charge in [0.2, 0.25) is 15.9 Å². The molecule has 2 aliphatic heterocycles. The van der Waals surface area contributed by atoms with E-state index in [1.54, 1.807) is 30.1 Å². The molecule has 8 nitrogen and oxygen atoms in total. The first-order chi connectivity index (χ1) is 12.3. The Labute approximate surface area is 153 Å². The molecule has 9 heteroatoms. The number of anilines is 1. The lowest BCUT2D eigenvalue weighted by Crippen LogP contribution is -2.40. The molecule has 1 aromatic carbocycles. The molecule has 1 saturated heterocycles. The summed E-state index contributed by atoms with van der Waals surface area (Å²) < 4.78 is 30.1. The average Bonchev–Trinajstić information content (AvgIpc) is 2.74. The quantitative estimate of drug-likeness (QED) is 0.834. The van der Waals surface area contributed by atoms with Crippen molar-refractivity contribution >= 4 is 27.5 Å². The molecule has 26 heavy (non-hydrogen) atoms. The lowest BCUT2D eigenvalue weighted by atomic mass is 9.97. The Balaban J connectivity index is 1.67. The van der Waals surface area contributed by atoms with Crippen LogP contribution in [0, 0.1) is 5.92 Å². The Bertz CT molecular complexity index is 816. The van der Waals surface area contributed by atoms with Crippen molar-refractivity contribution < 1.29 is 22.7 Å².